The summed E-state index contributed by atoms with van der Waals surface area (Å²) in [6, 6.07) is 19.4. The highest BCUT2D eigenvalue weighted by Gasteiger charge is 2.38. The highest BCUT2D eigenvalue weighted by molar-refractivity contribution is 6.13. The average Bonchev–Trinajstić information content (AvgIpc) is 3.22. The minimum absolute atomic E-state index is 0.105. The number of hydrogen-bond donors (Lipinski definition) is 0. The fourth-order valence-electron chi connectivity index (χ4n) is 5.25. The van der Waals surface area contributed by atoms with Crippen molar-refractivity contribution < 1.29 is 8.98 Å². The second-order valence-corrected chi connectivity index (χ2v) is 8.83. The molecule has 30 heavy (non-hydrogen) atoms. The normalized spacial score (nSPS) is 14.3. The van der Waals surface area contributed by atoms with E-state index in [4.69, 9.17) is 9.40 Å². The van der Waals surface area contributed by atoms with Crippen molar-refractivity contribution in [1.29, 1.82) is 0 Å². The summed E-state index contributed by atoms with van der Waals surface area (Å²) in [6.07, 6.45) is 4.06. The topological polar surface area (TPSA) is 29.9 Å². The summed E-state index contributed by atoms with van der Waals surface area (Å²) in [6.45, 7) is 6.76. The molecule has 0 N–H and O–H groups in total. The Morgan fingerprint density at radius 1 is 0.933 bits per heavy atom. The lowest BCUT2D eigenvalue weighted by Crippen LogP contribution is -2.30. The van der Waals surface area contributed by atoms with Crippen molar-refractivity contribution in [2.75, 3.05) is 0 Å². The van der Waals surface area contributed by atoms with Crippen LogP contribution in [0.5, 0.6) is 0 Å². The van der Waals surface area contributed by atoms with E-state index in [9.17, 15) is 0 Å². The highest BCUT2D eigenvalue weighted by atomic mass is 16.3. The Balaban J connectivity index is 1.77. The SMILES string of the molecule is Cc1ccc2c(oc3ncc4c(c32)C(C)(C)c2ccccc2-4)c1-c1cccc[n+]1C. The largest absolute Gasteiger partial charge is 0.437 e. The van der Waals surface area contributed by atoms with Gasteiger partial charge in [0, 0.05) is 34.7 Å². The van der Waals surface area contributed by atoms with E-state index in [0.29, 0.717) is 0 Å². The smallest absolute Gasteiger partial charge is 0.227 e. The zero-order valence-corrected chi connectivity index (χ0v) is 17.7. The molecule has 146 valence electrons. The van der Waals surface area contributed by atoms with Gasteiger partial charge >= 0.3 is 0 Å². The van der Waals surface area contributed by atoms with E-state index in [1.165, 1.54) is 27.8 Å². The molecule has 0 spiro atoms. The molecule has 1 aliphatic carbocycles. The van der Waals surface area contributed by atoms with E-state index >= 15 is 0 Å². The van der Waals surface area contributed by atoms with E-state index in [1.54, 1.807) is 0 Å². The third kappa shape index (κ3) is 2.10. The molecule has 2 aromatic carbocycles. The minimum Gasteiger partial charge on any atom is -0.437 e. The average molecular weight is 391 g/mol. The van der Waals surface area contributed by atoms with Crippen LogP contribution < -0.4 is 4.57 Å². The van der Waals surface area contributed by atoms with Crippen LogP contribution in [0.25, 0.3) is 44.5 Å². The van der Waals surface area contributed by atoms with Gasteiger partial charge in [0.2, 0.25) is 11.4 Å². The Bertz CT molecular complexity index is 1490. The van der Waals surface area contributed by atoms with Crippen LogP contribution >= 0.6 is 0 Å². The number of hydrogen-bond acceptors (Lipinski definition) is 2. The molecule has 3 heteroatoms. The molecule has 0 radical (unpaired) electrons. The van der Waals surface area contributed by atoms with Gasteiger partial charge in [0.1, 0.15) is 7.05 Å². The lowest BCUT2D eigenvalue weighted by atomic mass is 9.81. The molecule has 3 nitrogen and oxygen atoms in total. The van der Waals surface area contributed by atoms with Crippen molar-refractivity contribution in [3.63, 3.8) is 0 Å². The van der Waals surface area contributed by atoms with E-state index in [1.807, 2.05) is 12.3 Å². The van der Waals surface area contributed by atoms with E-state index in [-0.39, 0.29) is 5.41 Å². The first-order chi connectivity index (χ1) is 14.5. The lowest BCUT2D eigenvalue weighted by molar-refractivity contribution is -0.660. The van der Waals surface area contributed by atoms with Crippen LogP contribution in [0.3, 0.4) is 0 Å². The van der Waals surface area contributed by atoms with Crippen LogP contribution in [0.4, 0.5) is 0 Å². The summed E-state index contributed by atoms with van der Waals surface area (Å²) < 4.78 is 8.61. The number of aryl methyl sites for hydroxylation is 2. The number of benzene rings is 2. The Morgan fingerprint density at radius 3 is 2.57 bits per heavy atom. The second kappa shape index (κ2) is 5.79. The van der Waals surface area contributed by atoms with E-state index in [2.05, 4.69) is 87.1 Å². The van der Waals surface area contributed by atoms with Crippen molar-refractivity contribution in [3.05, 3.63) is 83.7 Å². The summed E-state index contributed by atoms with van der Waals surface area (Å²) in [4.78, 5) is 4.77. The predicted molar refractivity (Wildman–Crippen MR) is 120 cm³/mol. The van der Waals surface area contributed by atoms with Gasteiger partial charge < -0.3 is 4.42 Å². The maximum atomic E-state index is 6.47. The van der Waals surface area contributed by atoms with Crippen LogP contribution in [0.2, 0.25) is 0 Å². The number of nitrogens with zero attached hydrogens (tertiary/aromatic N) is 2. The minimum atomic E-state index is -0.105. The zero-order valence-electron chi connectivity index (χ0n) is 17.7. The molecule has 3 aromatic heterocycles. The molecule has 1 aliphatic rings. The van der Waals surface area contributed by atoms with Crippen molar-refractivity contribution in [2.24, 2.45) is 7.05 Å². The van der Waals surface area contributed by atoms with Gasteiger partial charge in [0.15, 0.2) is 11.8 Å². The molecule has 0 saturated carbocycles. The van der Waals surface area contributed by atoms with Gasteiger partial charge in [0.25, 0.3) is 0 Å². The third-order valence-electron chi connectivity index (χ3n) is 6.70. The monoisotopic (exact) mass is 391 g/mol. The number of aromatic nitrogens is 2. The Labute approximate surface area is 175 Å². The third-order valence-corrected chi connectivity index (χ3v) is 6.70. The summed E-state index contributed by atoms with van der Waals surface area (Å²) in [5, 5.41) is 2.28. The van der Waals surface area contributed by atoms with Gasteiger partial charge in [-0.3, -0.25) is 0 Å². The summed E-state index contributed by atoms with van der Waals surface area (Å²) in [7, 11) is 2.08. The highest BCUT2D eigenvalue weighted by Crippen LogP contribution is 2.52. The Hall–Kier alpha value is -3.46. The number of fused-ring (bicyclic) bond motifs is 7. The van der Waals surface area contributed by atoms with Crippen LogP contribution in [0.15, 0.2) is 71.4 Å². The lowest BCUT2D eigenvalue weighted by Gasteiger charge is -2.22. The second-order valence-electron chi connectivity index (χ2n) is 8.83. The van der Waals surface area contributed by atoms with Crippen LogP contribution in [-0.4, -0.2) is 4.98 Å². The van der Waals surface area contributed by atoms with Crippen molar-refractivity contribution in [2.45, 2.75) is 26.2 Å². The van der Waals surface area contributed by atoms with Crippen molar-refractivity contribution in [3.8, 4) is 22.4 Å². The molecule has 0 atom stereocenters. The molecule has 6 rings (SSSR count). The first kappa shape index (κ1) is 17.4. The number of pyridine rings is 2. The molecule has 0 bridgehead atoms. The molecule has 3 heterocycles. The first-order valence-electron chi connectivity index (χ1n) is 10.4. The quantitative estimate of drug-likeness (QED) is 0.324. The maximum Gasteiger partial charge on any atom is 0.227 e. The molecule has 0 fully saturated rings. The zero-order chi connectivity index (χ0) is 20.6. The summed E-state index contributed by atoms with van der Waals surface area (Å²) in [5.74, 6) is 0. The summed E-state index contributed by atoms with van der Waals surface area (Å²) >= 11 is 0. The predicted octanol–water partition coefficient (Wildman–Crippen LogP) is 6.09. The molecule has 5 aromatic rings. The fourth-order valence-corrected chi connectivity index (χ4v) is 5.25. The molecular weight excluding hydrogens is 368 g/mol. The molecular formula is C27H23N2O+. The van der Waals surface area contributed by atoms with Crippen molar-refractivity contribution >= 4 is 22.1 Å². The van der Waals surface area contributed by atoms with E-state index < -0.39 is 0 Å². The first-order valence-corrected chi connectivity index (χ1v) is 10.4. The van der Waals surface area contributed by atoms with E-state index in [0.717, 1.165) is 33.3 Å². The van der Waals surface area contributed by atoms with Gasteiger partial charge in [-0.15, -0.1) is 0 Å². The van der Waals surface area contributed by atoms with Gasteiger partial charge in [0.05, 0.1) is 10.9 Å². The molecule has 0 amide bonds. The maximum absolute atomic E-state index is 6.47. The van der Waals surface area contributed by atoms with Crippen LogP contribution in [-0.2, 0) is 12.5 Å². The fraction of sp³-hybridized carbons (Fsp3) is 0.185. The molecule has 0 saturated heterocycles. The number of rotatable bonds is 1. The summed E-state index contributed by atoms with van der Waals surface area (Å²) in [5.41, 5.74) is 10.2. The standard InChI is InChI=1S/C27H23N2O/c1-16-12-13-18-23-24-19(17-9-5-6-10-20(17)27(24,2)3)15-28-26(23)30-25(18)22(16)21-11-7-8-14-29(21)4/h5-15H,1-4H3/q+1. The molecule has 0 aliphatic heterocycles. The van der Waals surface area contributed by atoms with Gasteiger partial charge in [-0.2, -0.15) is 0 Å². The van der Waals surface area contributed by atoms with Gasteiger partial charge in [-0.25, -0.2) is 9.55 Å². The molecule has 0 unspecified atom stereocenters. The van der Waals surface area contributed by atoms with Crippen LogP contribution in [0.1, 0.15) is 30.5 Å². The van der Waals surface area contributed by atoms with Crippen molar-refractivity contribution in [1.82, 2.24) is 4.98 Å². The van der Waals surface area contributed by atoms with Crippen LogP contribution in [0, 0.1) is 6.92 Å². The van der Waals surface area contributed by atoms with Gasteiger partial charge in [-0.05, 0) is 35.2 Å². The van der Waals surface area contributed by atoms with Gasteiger partial charge in [-0.1, -0.05) is 50.2 Å². The number of furan rings is 1. The Morgan fingerprint density at radius 2 is 1.73 bits per heavy atom. The Kier molecular flexibility index (Phi) is 3.36.